The summed E-state index contributed by atoms with van der Waals surface area (Å²) in [7, 11) is 0. The van der Waals surface area contributed by atoms with Crippen LogP contribution in [0.15, 0.2) is 12.5 Å². The molecule has 12 nitrogen and oxygen atoms in total. The van der Waals surface area contributed by atoms with Gasteiger partial charge in [-0.25, -0.2) is 9.97 Å². The Balaban J connectivity index is 2.06. The normalized spacial score (nSPS) is 21.5. The highest BCUT2D eigenvalue weighted by atomic mass is 16.7. The van der Waals surface area contributed by atoms with E-state index in [1.165, 1.54) is 33.3 Å². The molecule has 0 aliphatic carbocycles. The molecule has 2 aromatic heterocycles. The Labute approximate surface area is 202 Å². The first-order chi connectivity index (χ1) is 16.6. The van der Waals surface area contributed by atoms with Gasteiger partial charge >= 0.3 is 17.9 Å². The van der Waals surface area contributed by atoms with E-state index in [1.54, 1.807) is 4.57 Å². The number of nitrogens with one attached hydrogen (secondary N) is 1. The fraction of sp³-hybridized carbons (Fsp3) is 0.565. The van der Waals surface area contributed by atoms with Gasteiger partial charge in [-0.1, -0.05) is 13.8 Å². The van der Waals surface area contributed by atoms with Gasteiger partial charge in [0, 0.05) is 33.5 Å². The highest BCUT2D eigenvalue weighted by Gasteiger charge is 2.51. The topological polar surface area (TPSA) is 155 Å². The first kappa shape index (κ1) is 25.9. The zero-order valence-corrected chi connectivity index (χ0v) is 20.3. The van der Waals surface area contributed by atoms with Gasteiger partial charge in [-0.15, -0.1) is 0 Å². The molecule has 12 heteroatoms. The number of fused-ring (bicyclic) bond motifs is 1. The fourth-order valence-corrected chi connectivity index (χ4v) is 3.89. The molecule has 1 fully saturated rings. The van der Waals surface area contributed by atoms with Crippen molar-refractivity contribution in [3.05, 3.63) is 18.1 Å². The number of hydrogen-bond donors (Lipinski definition) is 1. The molecule has 4 atom stereocenters. The average molecular weight is 488 g/mol. The number of esters is 3. The smallest absolute Gasteiger partial charge is 0.303 e. The van der Waals surface area contributed by atoms with Crippen LogP contribution in [0.1, 0.15) is 52.8 Å². The first-order valence-corrected chi connectivity index (χ1v) is 11.2. The lowest BCUT2D eigenvalue weighted by molar-refractivity contribution is -0.166. The molecule has 0 bridgehead atoms. The van der Waals surface area contributed by atoms with Gasteiger partial charge in [-0.3, -0.25) is 14.4 Å². The van der Waals surface area contributed by atoms with Gasteiger partial charge in [0.1, 0.15) is 36.6 Å². The van der Waals surface area contributed by atoms with Crippen LogP contribution in [-0.2, 0) is 33.3 Å². The summed E-state index contributed by atoms with van der Waals surface area (Å²) < 4.78 is 23.6. The zero-order chi connectivity index (χ0) is 25.7. The highest BCUT2D eigenvalue weighted by molar-refractivity contribution is 5.93. The lowest BCUT2D eigenvalue weighted by Crippen LogP contribution is -2.40. The van der Waals surface area contributed by atoms with E-state index >= 15 is 0 Å². The number of anilines is 1. The lowest BCUT2D eigenvalue weighted by Gasteiger charge is -2.24. The molecule has 188 valence electrons. The van der Waals surface area contributed by atoms with Gasteiger partial charge in [0.2, 0.25) is 0 Å². The monoisotopic (exact) mass is 487 g/mol. The largest absolute Gasteiger partial charge is 0.463 e. The summed E-state index contributed by atoms with van der Waals surface area (Å²) in [5, 5.41) is 13.5. The number of nitriles is 1. The predicted octanol–water partition coefficient (Wildman–Crippen LogP) is 2.08. The molecule has 0 aromatic carbocycles. The minimum Gasteiger partial charge on any atom is -0.463 e. The third kappa shape index (κ3) is 6.05. The maximum atomic E-state index is 11.9. The second-order valence-corrected chi connectivity index (χ2v) is 8.61. The molecule has 0 amide bonds. The molecule has 35 heavy (non-hydrogen) atoms. The van der Waals surface area contributed by atoms with E-state index < -0.39 is 42.4 Å². The average Bonchev–Trinajstić information content (AvgIpc) is 3.30. The third-order valence-electron chi connectivity index (χ3n) is 5.36. The number of carbonyl (C=O) groups excluding carboxylic acids is 3. The molecule has 1 aliphatic rings. The fourth-order valence-electron chi connectivity index (χ4n) is 3.89. The Bertz CT molecular complexity index is 1140. The number of rotatable bonds is 9. The van der Waals surface area contributed by atoms with Crippen LogP contribution >= 0.6 is 0 Å². The van der Waals surface area contributed by atoms with Crippen molar-refractivity contribution in [1.82, 2.24) is 14.5 Å². The van der Waals surface area contributed by atoms with E-state index in [0.29, 0.717) is 29.3 Å². The van der Waals surface area contributed by atoms with Crippen molar-refractivity contribution in [3.8, 4) is 6.07 Å². The Kier molecular flexibility index (Phi) is 8.24. The summed E-state index contributed by atoms with van der Waals surface area (Å²) in [5.74, 6) is -0.843. The van der Waals surface area contributed by atoms with Crippen LogP contribution in [0.2, 0.25) is 0 Å². The molecule has 0 radical (unpaired) electrons. The Morgan fingerprint density at radius 2 is 1.83 bits per heavy atom. The second-order valence-electron chi connectivity index (χ2n) is 8.61. The van der Waals surface area contributed by atoms with Crippen LogP contribution in [0.4, 0.5) is 5.82 Å². The summed E-state index contributed by atoms with van der Waals surface area (Å²) in [6, 6.07) is 2.14. The van der Waals surface area contributed by atoms with E-state index in [2.05, 4.69) is 35.2 Å². The van der Waals surface area contributed by atoms with E-state index in [0.717, 1.165) is 6.42 Å². The molecule has 1 saturated heterocycles. The molecule has 0 spiro atoms. The van der Waals surface area contributed by atoms with Crippen LogP contribution in [0.5, 0.6) is 0 Å². The summed E-state index contributed by atoms with van der Waals surface area (Å²) in [6.07, 6.45) is -0.324. The van der Waals surface area contributed by atoms with Crippen LogP contribution in [0.3, 0.4) is 0 Å². The molecule has 2 aromatic rings. The van der Waals surface area contributed by atoms with Crippen molar-refractivity contribution in [2.45, 2.75) is 65.6 Å². The Morgan fingerprint density at radius 3 is 2.43 bits per heavy atom. The van der Waals surface area contributed by atoms with Crippen LogP contribution in [0.25, 0.3) is 11.0 Å². The van der Waals surface area contributed by atoms with Gasteiger partial charge in [-0.05, 0) is 12.3 Å². The molecule has 2 unspecified atom stereocenters. The standard InChI is InChI=1S/C23H29N5O7/c1-12(2)6-7-25-21-18-16(8-24)9-28(22(18)27-11-26-21)23-20(34-15(5)31)19(33-14(4)30)17(35-23)10-32-13(3)29/h9,11-12,17,19-20,23H,6-7,10H2,1-5H3,(H,25,26,27)/t17?,19?,20-,23-/m1/s1. The number of ether oxygens (including phenoxy) is 4. The molecule has 3 rings (SSSR count). The third-order valence-corrected chi connectivity index (χ3v) is 5.36. The van der Waals surface area contributed by atoms with Crippen molar-refractivity contribution in [1.29, 1.82) is 5.26 Å². The van der Waals surface area contributed by atoms with Crippen molar-refractivity contribution >= 4 is 34.8 Å². The second kappa shape index (κ2) is 11.1. The molecule has 1 aliphatic heterocycles. The van der Waals surface area contributed by atoms with E-state index in [1.807, 2.05) is 0 Å². The molecule has 1 N–H and O–H groups in total. The summed E-state index contributed by atoms with van der Waals surface area (Å²) >= 11 is 0. The first-order valence-electron chi connectivity index (χ1n) is 11.2. The number of aromatic nitrogens is 3. The zero-order valence-electron chi connectivity index (χ0n) is 20.3. The van der Waals surface area contributed by atoms with Gasteiger partial charge in [0.25, 0.3) is 0 Å². The minimum atomic E-state index is -1.09. The van der Waals surface area contributed by atoms with E-state index in [-0.39, 0.29) is 12.2 Å². The van der Waals surface area contributed by atoms with Gasteiger partial charge in [0.05, 0.1) is 10.9 Å². The van der Waals surface area contributed by atoms with Crippen LogP contribution in [0, 0.1) is 17.2 Å². The molecule has 0 saturated carbocycles. The predicted molar refractivity (Wildman–Crippen MR) is 122 cm³/mol. The van der Waals surface area contributed by atoms with Crippen molar-refractivity contribution in [3.63, 3.8) is 0 Å². The van der Waals surface area contributed by atoms with Crippen molar-refractivity contribution in [2.75, 3.05) is 18.5 Å². The van der Waals surface area contributed by atoms with Gasteiger partial charge < -0.3 is 28.8 Å². The SMILES string of the molecule is CC(=O)OCC1O[C@@H](n2cc(C#N)c3c(NCCC(C)C)ncnc32)[C@H](OC(C)=O)C1OC(C)=O. The van der Waals surface area contributed by atoms with Crippen LogP contribution < -0.4 is 5.32 Å². The van der Waals surface area contributed by atoms with Gasteiger partial charge in [0.15, 0.2) is 18.4 Å². The number of carbonyl (C=O) groups is 3. The molecule has 3 heterocycles. The highest BCUT2D eigenvalue weighted by Crippen LogP contribution is 2.38. The summed E-state index contributed by atoms with van der Waals surface area (Å²) in [5.41, 5.74) is 0.644. The maximum Gasteiger partial charge on any atom is 0.303 e. The number of hydrogen-bond acceptors (Lipinski definition) is 11. The van der Waals surface area contributed by atoms with E-state index in [9.17, 15) is 19.6 Å². The minimum absolute atomic E-state index is 0.233. The van der Waals surface area contributed by atoms with Crippen LogP contribution in [-0.4, -0.2) is 63.9 Å². The molecular formula is C23H29N5O7. The lowest BCUT2D eigenvalue weighted by atomic mass is 10.1. The van der Waals surface area contributed by atoms with Crippen molar-refractivity contribution < 1.29 is 33.3 Å². The Hall–Kier alpha value is -3.72. The molecular weight excluding hydrogens is 458 g/mol. The Morgan fingerprint density at radius 1 is 1.14 bits per heavy atom. The quantitative estimate of drug-likeness (QED) is 0.408. The summed E-state index contributed by atoms with van der Waals surface area (Å²) in [6.45, 7) is 8.29. The van der Waals surface area contributed by atoms with E-state index in [4.69, 9.17) is 18.9 Å². The number of nitrogens with zero attached hydrogens (tertiary/aromatic N) is 4. The van der Waals surface area contributed by atoms with Gasteiger partial charge in [-0.2, -0.15) is 5.26 Å². The maximum absolute atomic E-state index is 11.9. The van der Waals surface area contributed by atoms with Crippen molar-refractivity contribution in [2.24, 2.45) is 5.92 Å². The summed E-state index contributed by atoms with van der Waals surface area (Å²) in [4.78, 5) is 43.8.